The lowest BCUT2D eigenvalue weighted by Gasteiger charge is -2.09. The molecule has 0 aliphatic heterocycles. The normalized spacial score (nSPS) is 13.5. The third-order valence-electron chi connectivity index (χ3n) is 1.59. The minimum atomic E-state index is -3.83. The molecular weight excluding hydrogens is 226 g/mol. The molecule has 0 saturated heterocycles. The van der Waals surface area contributed by atoms with E-state index in [1.807, 2.05) is 0 Å². The van der Waals surface area contributed by atoms with Gasteiger partial charge in [0.1, 0.15) is 0 Å². The van der Waals surface area contributed by atoms with Crippen molar-refractivity contribution in [2.24, 2.45) is 0 Å². The molecule has 1 atom stereocenters. The lowest BCUT2D eigenvalue weighted by atomic mass is 10.5. The van der Waals surface area contributed by atoms with Crippen LogP contribution in [0.4, 0.5) is 5.69 Å². The van der Waals surface area contributed by atoms with E-state index in [0.717, 1.165) is 6.92 Å². The molecule has 1 heterocycles. The first-order chi connectivity index (χ1) is 6.43. The molecule has 1 unspecified atom stereocenters. The fourth-order valence-electron chi connectivity index (χ4n) is 0.708. The predicted molar refractivity (Wildman–Crippen MR) is 54.0 cm³/mol. The molecule has 14 heavy (non-hydrogen) atoms. The molecule has 7 heteroatoms. The number of aliphatic carboxylic acids is 1. The number of hydrogen-bond acceptors (Lipinski definition) is 4. The maximum absolute atomic E-state index is 11.4. The van der Waals surface area contributed by atoms with Crippen LogP contribution < -0.4 is 4.72 Å². The van der Waals surface area contributed by atoms with Crippen molar-refractivity contribution in [3.63, 3.8) is 0 Å². The number of thiophene rings is 1. The van der Waals surface area contributed by atoms with Gasteiger partial charge in [-0.05, 0) is 18.4 Å². The van der Waals surface area contributed by atoms with E-state index in [-0.39, 0.29) is 0 Å². The quantitative estimate of drug-likeness (QED) is 0.814. The molecule has 1 aromatic rings. The summed E-state index contributed by atoms with van der Waals surface area (Å²) < 4.78 is 24.9. The van der Waals surface area contributed by atoms with Gasteiger partial charge in [0.25, 0.3) is 0 Å². The second-order valence-corrected chi connectivity index (χ2v) is 5.42. The van der Waals surface area contributed by atoms with Crippen molar-refractivity contribution in [2.45, 2.75) is 12.2 Å². The van der Waals surface area contributed by atoms with Crippen molar-refractivity contribution in [1.29, 1.82) is 0 Å². The molecular formula is C7H9NO4S2. The Hall–Kier alpha value is -1.08. The van der Waals surface area contributed by atoms with Crippen molar-refractivity contribution in [3.8, 4) is 0 Å². The summed E-state index contributed by atoms with van der Waals surface area (Å²) in [6.07, 6.45) is 0. The van der Waals surface area contributed by atoms with Crippen molar-refractivity contribution in [1.82, 2.24) is 0 Å². The van der Waals surface area contributed by atoms with Gasteiger partial charge in [0.05, 0.1) is 5.69 Å². The van der Waals surface area contributed by atoms with Gasteiger partial charge in [0, 0.05) is 5.38 Å². The van der Waals surface area contributed by atoms with Crippen molar-refractivity contribution in [2.75, 3.05) is 4.72 Å². The van der Waals surface area contributed by atoms with Crippen LogP contribution in [0.15, 0.2) is 16.8 Å². The van der Waals surface area contributed by atoms with E-state index in [4.69, 9.17) is 5.11 Å². The van der Waals surface area contributed by atoms with Crippen LogP contribution in [0.3, 0.4) is 0 Å². The van der Waals surface area contributed by atoms with Crippen LogP contribution in [0.2, 0.25) is 0 Å². The first-order valence-electron chi connectivity index (χ1n) is 3.70. The Morgan fingerprint density at radius 3 is 2.71 bits per heavy atom. The second kappa shape index (κ2) is 3.97. The average Bonchev–Trinajstić information content (AvgIpc) is 2.54. The van der Waals surface area contributed by atoms with E-state index in [9.17, 15) is 13.2 Å². The molecule has 1 aromatic heterocycles. The Kier molecular flexibility index (Phi) is 3.12. The van der Waals surface area contributed by atoms with Gasteiger partial charge in [-0.3, -0.25) is 9.52 Å². The number of rotatable bonds is 4. The molecule has 5 nitrogen and oxygen atoms in total. The van der Waals surface area contributed by atoms with Crippen LogP contribution in [0.5, 0.6) is 0 Å². The maximum atomic E-state index is 11.4. The summed E-state index contributed by atoms with van der Waals surface area (Å²) in [5, 5.41) is 10.4. The smallest absolute Gasteiger partial charge is 0.323 e. The number of hydrogen-bond donors (Lipinski definition) is 2. The van der Waals surface area contributed by atoms with Gasteiger partial charge in [-0.15, -0.1) is 0 Å². The Labute approximate surface area is 85.4 Å². The zero-order valence-electron chi connectivity index (χ0n) is 7.30. The highest BCUT2D eigenvalue weighted by atomic mass is 32.2. The van der Waals surface area contributed by atoms with Gasteiger partial charge in [-0.2, -0.15) is 11.3 Å². The molecule has 0 aliphatic carbocycles. The molecule has 0 amide bonds. The molecule has 0 bridgehead atoms. The van der Waals surface area contributed by atoms with E-state index in [1.165, 1.54) is 11.3 Å². The van der Waals surface area contributed by atoms with E-state index in [0.29, 0.717) is 5.69 Å². The van der Waals surface area contributed by atoms with Crippen LogP contribution in [-0.4, -0.2) is 24.7 Å². The molecule has 0 aromatic carbocycles. The Bertz CT molecular complexity index is 409. The Balaban J connectivity index is 2.83. The summed E-state index contributed by atoms with van der Waals surface area (Å²) in [7, 11) is -3.83. The van der Waals surface area contributed by atoms with Crippen LogP contribution in [-0.2, 0) is 14.8 Å². The zero-order chi connectivity index (χ0) is 10.8. The van der Waals surface area contributed by atoms with Crippen molar-refractivity contribution in [3.05, 3.63) is 16.8 Å². The number of carbonyl (C=O) groups is 1. The molecule has 2 N–H and O–H groups in total. The van der Waals surface area contributed by atoms with Crippen LogP contribution in [0.1, 0.15) is 6.92 Å². The SMILES string of the molecule is CC(C(=O)O)S(=O)(=O)Nc1ccsc1. The Morgan fingerprint density at radius 1 is 1.64 bits per heavy atom. The molecule has 0 aliphatic rings. The maximum Gasteiger partial charge on any atom is 0.323 e. The van der Waals surface area contributed by atoms with Gasteiger partial charge >= 0.3 is 5.97 Å². The first kappa shape index (κ1) is 11.0. The number of sulfonamides is 1. The minimum Gasteiger partial charge on any atom is -0.480 e. The third kappa shape index (κ3) is 2.46. The highest BCUT2D eigenvalue weighted by Crippen LogP contribution is 2.15. The summed E-state index contributed by atoms with van der Waals surface area (Å²) in [5.74, 6) is -1.37. The van der Waals surface area contributed by atoms with Gasteiger partial charge in [-0.1, -0.05) is 0 Å². The molecule has 0 spiro atoms. The number of carboxylic acid groups (broad SMARTS) is 1. The number of anilines is 1. The summed E-state index contributed by atoms with van der Waals surface area (Å²) >= 11 is 1.33. The fourth-order valence-corrected chi connectivity index (χ4v) is 2.27. The highest BCUT2D eigenvalue weighted by Gasteiger charge is 2.27. The molecule has 78 valence electrons. The molecule has 0 saturated carbocycles. The van der Waals surface area contributed by atoms with Crippen molar-refractivity contribution < 1.29 is 18.3 Å². The molecule has 1 rings (SSSR count). The topological polar surface area (TPSA) is 83.5 Å². The average molecular weight is 235 g/mol. The first-order valence-corrected chi connectivity index (χ1v) is 6.19. The van der Waals surface area contributed by atoms with Gasteiger partial charge < -0.3 is 5.11 Å². The molecule has 0 radical (unpaired) electrons. The van der Waals surface area contributed by atoms with Crippen LogP contribution in [0, 0.1) is 0 Å². The zero-order valence-corrected chi connectivity index (χ0v) is 8.93. The third-order valence-corrected chi connectivity index (χ3v) is 3.93. The van der Waals surface area contributed by atoms with E-state index >= 15 is 0 Å². The van der Waals surface area contributed by atoms with E-state index < -0.39 is 21.2 Å². The largest absolute Gasteiger partial charge is 0.480 e. The summed E-state index contributed by atoms with van der Waals surface area (Å²) in [6, 6.07) is 1.57. The monoisotopic (exact) mass is 235 g/mol. The predicted octanol–water partition coefficient (Wildman–Crippen LogP) is 0.963. The molecule has 0 fully saturated rings. The standard InChI is InChI=1S/C7H9NO4S2/c1-5(7(9)10)14(11,12)8-6-2-3-13-4-6/h2-5,8H,1H3,(H,9,10). The second-order valence-electron chi connectivity index (χ2n) is 2.64. The van der Waals surface area contributed by atoms with Crippen LogP contribution >= 0.6 is 11.3 Å². The Morgan fingerprint density at radius 2 is 2.29 bits per heavy atom. The van der Waals surface area contributed by atoms with E-state index in [1.54, 1.807) is 16.8 Å². The number of carboxylic acids is 1. The summed E-state index contributed by atoms with van der Waals surface area (Å²) in [5.41, 5.74) is 0.392. The van der Waals surface area contributed by atoms with Gasteiger partial charge in [0.15, 0.2) is 5.25 Å². The fraction of sp³-hybridized carbons (Fsp3) is 0.286. The lowest BCUT2D eigenvalue weighted by Crippen LogP contribution is -2.31. The summed E-state index contributed by atoms with van der Waals surface area (Å²) in [4.78, 5) is 10.5. The number of nitrogens with one attached hydrogen (secondary N) is 1. The summed E-state index contributed by atoms with van der Waals surface area (Å²) in [6.45, 7) is 1.12. The van der Waals surface area contributed by atoms with Gasteiger partial charge in [-0.25, -0.2) is 8.42 Å². The van der Waals surface area contributed by atoms with Gasteiger partial charge in [0.2, 0.25) is 10.0 Å². The van der Waals surface area contributed by atoms with Crippen LogP contribution in [0.25, 0.3) is 0 Å². The lowest BCUT2D eigenvalue weighted by molar-refractivity contribution is -0.136. The highest BCUT2D eigenvalue weighted by molar-refractivity contribution is 7.94. The minimum absolute atomic E-state index is 0.392. The van der Waals surface area contributed by atoms with Crippen molar-refractivity contribution >= 4 is 33.0 Å². The van der Waals surface area contributed by atoms with E-state index in [2.05, 4.69) is 4.72 Å².